The summed E-state index contributed by atoms with van der Waals surface area (Å²) in [5.74, 6) is 5.95. The van der Waals surface area contributed by atoms with E-state index in [0.29, 0.717) is 4.47 Å². The van der Waals surface area contributed by atoms with E-state index < -0.39 is 0 Å². The van der Waals surface area contributed by atoms with Crippen molar-refractivity contribution in [2.24, 2.45) is 0 Å². The third-order valence-corrected chi connectivity index (χ3v) is 3.17. The van der Waals surface area contributed by atoms with Gasteiger partial charge < -0.3 is 0 Å². The van der Waals surface area contributed by atoms with E-state index in [1.54, 1.807) is 12.1 Å². The molecular formula is C15H18BrF. The maximum atomic E-state index is 13.0. The lowest BCUT2D eigenvalue weighted by Gasteiger charge is -1.95. The van der Waals surface area contributed by atoms with E-state index >= 15 is 0 Å². The van der Waals surface area contributed by atoms with Crippen LogP contribution in [0.2, 0.25) is 0 Å². The predicted octanol–water partition coefficient (Wildman–Crippen LogP) is 5.30. The minimum absolute atomic E-state index is 0.241. The first-order chi connectivity index (χ1) is 8.24. The van der Waals surface area contributed by atoms with Gasteiger partial charge in [0.1, 0.15) is 5.82 Å². The molecule has 0 amide bonds. The van der Waals surface area contributed by atoms with Crippen LogP contribution < -0.4 is 0 Å². The highest BCUT2D eigenvalue weighted by atomic mass is 79.9. The maximum absolute atomic E-state index is 13.0. The molecule has 17 heavy (non-hydrogen) atoms. The van der Waals surface area contributed by atoms with Gasteiger partial charge in [0.2, 0.25) is 0 Å². The second kappa shape index (κ2) is 8.31. The van der Waals surface area contributed by atoms with Crippen LogP contribution >= 0.6 is 15.9 Å². The summed E-state index contributed by atoms with van der Waals surface area (Å²) in [5.41, 5.74) is 0.867. The Hall–Kier alpha value is -0.810. The molecule has 0 fully saturated rings. The van der Waals surface area contributed by atoms with E-state index in [0.717, 1.165) is 18.4 Å². The van der Waals surface area contributed by atoms with E-state index in [4.69, 9.17) is 0 Å². The summed E-state index contributed by atoms with van der Waals surface area (Å²) in [6.07, 6.45) is 7.25. The molecule has 0 spiro atoms. The van der Waals surface area contributed by atoms with Crippen LogP contribution in [0.3, 0.4) is 0 Å². The largest absolute Gasteiger partial charge is 0.206 e. The Bertz CT molecular complexity index is 401. The first-order valence-electron chi connectivity index (χ1n) is 6.18. The molecule has 2 heteroatoms. The van der Waals surface area contributed by atoms with Crippen molar-refractivity contribution >= 4 is 15.9 Å². The van der Waals surface area contributed by atoms with Crippen LogP contribution in [0.1, 0.15) is 51.0 Å². The van der Waals surface area contributed by atoms with Gasteiger partial charge in [-0.2, -0.15) is 0 Å². The molecule has 0 saturated heterocycles. The summed E-state index contributed by atoms with van der Waals surface area (Å²) in [5, 5.41) is 0. The van der Waals surface area contributed by atoms with E-state index in [2.05, 4.69) is 34.7 Å². The van der Waals surface area contributed by atoms with Crippen LogP contribution in [0.25, 0.3) is 0 Å². The number of unbranched alkanes of at least 4 members (excludes halogenated alkanes) is 5. The molecule has 0 atom stereocenters. The zero-order valence-electron chi connectivity index (χ0n) is 10.2. The summed E-state index contributed by atoms with van der Waals surface area (Å²) in [6.45, 7) is 2.21. The fourth-order valence-corrected chi connectivity index (χ4v) is 1.93. The second-order valence-corrected chi connectivity index (χ2v) is 4.95. The van der Waals surface area contributed by atoms with Gasteiger partial charge in [0.05, 0.1) is 4.47 Å². The third kappa shape index (κ3) is 5.89. The zero-order chi connectivity index (χ0) is 12.5. The molecule has 0 heterocycles. The number of hydrogen-bond donors (Lipinski definition) is 0. The number of benzene rings is 1. The molecule has 0 aromatic heterocycles. The molecule has 0 aliphatic rings. The fourth-order valence-electron chi connectivity index (χ4n) is 1.56. The summed E-state index contributed by atoms with van der Waals surface area (Å²) in [7, 11) is 0. The van der Waals surface area contributed by atoms with Gasteiger partial charge in [0, 0.05) is 12.0 Å². The van der Waals surface area contributed by atoms with Crippen LogP contribution in [0.15, 0.2) is 22.7 Å². The van der Waals surface area contributed by atoms with Crippen molar-refractivity contribution in [2.75, 3.05) is 0 Å². The van der Waals surface area contributed by atoms with Crippen molar-refractivity contribution < 1.29 is 4.39 Å². The van der Waals surface area contributed by atoms with Crippen LogP contribution in [0.4, 0.5) is 4.39 Å². The van der Waals surface area contributed by atoms with Gasteiger partial charge in [-0.05, 0) is 40.5 Å². The number of hydrogen-bond acceptors (Lipinski definition) is 0. The lowest BCUT2D eigenvalue weighted by atomic mass is 10.1. The molecule has 1 rings (SSSR count). The summed E-state index contributed by atoms with van der Waals surface area (Å²) in [4.78, 5) is 0. The normalized spacial score (nSPS) is 9.82. The van der Waals surface area contributed by atoms with Crippen molar-refractivity contribution in [3.8, 4) is 11.8 Å². The van der Waals surface area contributed by atoms with Gasteiger partial charge in [-0.1, -0.05) is 44.4 Å². The first-order valence-corrected chi connectivity index (χ1v) is 6.97. The topological polar surface area (TPSA) is 0 Å². The second-order valence-electron chi connectivity index (χ2n) is 4.09. The highest BCUT2D eigenvalue weighted by Gasteiger charge is 1.97. The minimum Gasteiger partial charge on any atom is -0.206 e. The molecule has 0 unspecified atom stereocenters. The summed E-state index contributed by atoms with van der Waals surface area (Å²) >= 11 is 3.15. The van der Waals surface area contributed by atoms with E-state index in [9.17, 15) is 4.39 Å². The highest BCUT2D eigenvalue weighted by molar-refractivity contribution is 9.10. The van der Waals surface area contributed by atoms with E-state index in [1.807, 2.05) is 0 Å². The molecule has 0 aliphatic carbocycles. The van der Waals surface area contributed by atoms with Crippen molar-refractivity contribution in [1.82, 2.24) is 0 Å². The highest BCUT2D eigenvalue weighted by Crippen LogP contribution is 2.16. The van der Waals surface area contributed by atoms with Gasteiger partial charge in [-0.25, -0.2) is 4.39 Å². The van der Waals surface area contributed by atoms with Crippen LogP contribution in [-0.4, -0.2) is 0 Å². The molecular weight excluding hydrogens is 279 g/mol. The lowest BCUT2D eigenvalue weighted by molar-refractivity contribution is 0.621. The lowest BCUT2D eigenvalue weighted by Crippen LogP contribution is -1.80. The Morgan fingerprint density at radius 2 is 1.94 bits per heavy atom. The number of halogens is 2. The van der Waals surface area contributed by atoms with E-state index in [-0.39, 0.29) is 5.82 Å². The standard InChI is InChI=1S/C15H18BrF/c1-2-3-4-5-6-7-8-9-13-10-11-15(17)14(16)12-13/h10-12H,2-7H2,1H3. The summed E-state index contributed by atoms with van der Waals surface area (Å²) in [6, 6.07) is 4.87. The Labute approximate surface area is 112 Å². The van der Waals surface area contributed by atoms with Crippen molar-refractivity contribution in [2.45, 2.75) is 45.4 Å². The van der Waals surface area contributed by atoms with Crippen LogP contribution in [0.5, 0.6) is 0 Å². The fraction of sp³-hybridized carbons (Fsp3) is 0.467. The molecule has 1 aromatic rings. The Kier molecular flexibility index (Phi) is 6.96. The first kappa shape index (κ1) is 14.3. The SMILES string of the molecule is CCCCCCCC#Cc1ccc(F)c(Br)c1. The minimum atomic E-state index is -0.241. The van der Waals surface area contributed by atoms with Gasteiger partial charge in [0.15, 0.2) is 0 Å². The van der Waals surface area contributed by atoms with Gasteiger partial charge in [-0.3, -0.25) is 0 Å². The molecule has 0 aliphatic heterocycles. The number of rotatable bonds is 5. The average Bonchev–Trinajstić information content (AvgIpc) is 2.32. The monoisotopic (exact) mass is 296 g/mol. The van der Waals surface area contributed by atoms with Crippen LogP contribution in [0, 0.1) is 17.7 Å². The molecule has 0 bridgehead atoms. The smallest absolute Gasteiger partial charge is 0.137 e. The van der Waals surface area contributed by atoms with E-state index in [1.165, 1.54) is 31.7 Å². The molecule has 0 N–H and O–H groups in total. The Morgan fingerprint density at radius 3 is 2.65 bits per heavy atom. The third-order valence-electron chi connectivity index (χ3n) is 2.56. The van der Waals surface area contributed by atoms with Crippen LogP contribution in [-0.2, 0) is 0 Å². The van der Waals surface area contributed by atoms with Gasteiger partial charge >= 0.3 is 0 Å². The quantitative estimate of drug-likeness (QED) is 0.511. The maximum Gasteiger partial charge on any atom is 0.137 e. The average molecular weight is 297 g/mol. The molecule has 0 radical (unpaired) electrons. The predicted molar refractivity (Wildman–Crippen MR) is 74.4 cm³/mol. The Morgan fingerprint density at radius 1 is 1.18 bits per heavy atom. The zero-order valence-corrected chi connectivity index (χ0v) is 11.8. The molecule has 92 valence electrons. The van der Waals surface area contributed by atoms with Gasteiger partial charge in [-0.15, -0.1) is 0 Å². The van der Waals surface area contributed by atoms with Crippen molar-refractivity contribution in [1.29, 1.82) is 0 Å². The molecule has 0 saturated carbocycles. The molecule has 0 nitrogen and oxygen atoms in total. The molecule has 1 aromatic carbocycles. The van der Waals surface area contributed by atoms with Crippen molar-refractivity contribution in [3.05, 3.63) is 34.1 Å². The van der Waals surface area contributed by atoms with Crippen molar-refractivity contribution in [3.63, 3.8) is 0 Å². The summed E-state index contributed by atoms with van der Waals surface area (Å²) < 4.78 is 13.4. The van der Waals surface area contributed by atoms with Gasteiger partial charge in [0.25, 0.3) is 0 Å². The Balaban J connectivity index is 2.31.